The molecule has 0 amide bonds. The smallest absolute Gasteiger partial charge is 0.131 e. The minimum absolute atomic E-state index is 0.259. The van der Waals surface area contributed by atoms with Crippen molar-refractivity contribution in [1.29, 1.82) is 0 Å². The van der Waals surface area contributed by atoms with Crippen LogP contribution in [0, 0.1) is 0 Å². The fourth-order valence-corrected chi connectivity index (χ4v) is 0.832. The molecule has 0 aliphatic heterocycles. The summed E-state index contributed by atoms with van der Waals surface area (Å²) < 4.78 is 4.83. The van der Waals surface area contributed by atoms with E-state index in [-0.39, 0.29) is 6.61 Å². The van der Waals surface area contributed by atoms with Gasteiger partial charge in [0, 0.05) is 13.3 Å². The Morgan fingerprint density at radius 2 is 2.45 bits per heavy atom. The Hall–Kier alpha value is -0.910. The SMILES string of the molecule is COCC(N)(N)c1ccn[nH]1. The van der Waals surface area contributed by atoms with Crippen LogP contribution in [0.4, 0.5) is 0 Å². The monoisotopic (exact) mass is 156 g/mol. The number of hydrogen-bond acceptors (Lipinski definition) is 4. The van der Waals surface area contributed by atoms with Crippen molar-refractivity contribution in [2.75, 3.05) is 13.7 Å². The van der Waals surface area contributed by atoms with Crippen LogP contribution in [0.1, 0.15) is 5.69 Å². The molecular weight excluding hydrogens is 144 g/mol. The van der Waals surface area contributed by atoms with Crippen LogP contribution in [0.15, 0.2) is 12.3 Å². The highest BCUT2D eigenvalue weighted by Gasteiger charge is 2.22. The van der Waals surface area contributed by atoms with E-state index in [0.717, 1.165) is 0 Å². The number of nitrogens with one attached hydrogen (secondary N) is 1. The second-order valence-corrected chi connectivity index (χ2v) is 2.44. The van der Waals surface area contributed by atoms with Gasteiger partial charge in [0.15, 0.2) is 0 Å². The average Bonchev–Trinajstić information content (AvgIpc) is 2.37. The molecule has 5 N–H and O–H groups in total. The number of nitrogens with two attached hydrogens (primary N) is 2. The number of aromatic amines is 1. The molecule has 0 fully saturated rings. The fourth-order valence-electron chi connectivity index (χ4n) is 0.832. The van der Waals surface area contributed by atoms with E-state index in [4.69, 9.17) is 16.2 Å². The van der Waals surface area contributed by atoms with Crippen LogP contribution in [0.25, 0.3) is 0 Å². The van der Waals surface area contributed by atoms with Crippen molar-refractivity contribution >= 4 is 0 Å². The van der Waals surface area contributed by atoms with E-state index in [1.807, 2.05) is 0 Å². The van der Waals surface area contributed by atoms with Gasteiger partial charge in [-0.1, -0.05) is 0 Å². The Bertz CT molecular complexity index is 206. The molecule has 1 aromatic heterocycles. The summed E-state index contributed by atoms with van der Waals surface area (Å²) in [5, 5.41) is 6.41. The Balaban J connectivity index is 2.73. The first-order chi connectivity index (χ1) is 5.17. The molecule has 5 nitrogen and oxygen atoms in total. The van der Waals surface area contributed by atoms with Crippen LogP contribution in [0.3, 0.4) is 0 Å². The van der Waals surface area contributed by atoms with Gasteiger partial charge in [0.1, 0.15) is 5.66 Å². The molecule has 0 radical (unpaired) electrons. The first kappa shape index (κ1) is 8.19. The van der Waals surface area contributed by atoms with E-state index in [1.54, 1.807) is 19.4 Å². The van der Waals surface area contributed by atoms with Gasteiger partial charge >= 0.3 is 0 Å². The summed E-state index contributed by atoms with van der Waals surface area (Å²) in [5.74, 6) is 0. The Morgan fingerprint density at radius 3 is 2.91 bits per heavy atom. The Kier molecular flexibility index (Phi) is 2.23. The van der Waals surface area contributed by atoms with Crippen molar-refractivity contribution in [3.05, 3.63) is 18.0 Å². The van der Waals surface area contributed by atoms with Gasteiger partial charge in [-0.15, -0.1) is 0 Å². The largest absolute Gasteiger partial charge is 0.381 e. The Labute approximate surface area is 64.7 Å². The van der Waals surface area contributed by atoms with E-state index in [2.05, 4.69) is 10.2 Å². The third-order valence-corrected chi connectivity index (χ3v) is 1.39. The minimum Gasteiger partial charge on any atom is -0.381 e. The van der Waals surface area contributed by atoms with Gasteiger partial charge < -0.3 is 16.2 Å². The summed E-state index contributed by atoms with van der Waals surface area (Å²) in [6.45, 7) is 0.259. The zero-order valence-electron chi connectivity index (χ0n) is 6.37. The lowest BCUT2D eigenvalue weighted by Gasteiger charge is -2.21. The van der Waals surface area contributed by atoms with E-state index in [0.29, 0.717) is 5.69 Å². The van der Waals surface area contributed by atoms with E-state index in [1.165, 1.54) is 0 Å². The number of ether oxygens (including phenoxy) is 1. The van der Waals surface area contributed by atoms with Crippen molar-refractivity contribution in [2.24, 2.45) is 11.5 Å². The quantitative estimate of drug-likeness (QED) is 0.496. The molecule has 62 valence electrons. The van der Waals surface area contributed by atoms with E-state index >= 15 is 0 Å². The summed E-state index contributed by atoms with van der Waals surface area (Å²) in [4.78, 5) is 0. The number of methoxy groups -OCH3 is 1. The second-order valence-electron chi connectivity index (χ2n) is 2.44. The molecule has 1 heterocycles. The topological polar surface area (TPSA) is 89.9 Å². The molecule has 0 saturated carbocycles. The van der Waals surface area contributed by atoms with Crippen LogP contribution in [-0.2, 0) is 10.4 Å². The van der Waals surface area contributed by atoms with Gasteiger partial charge in [0.25, 0.3) is 0 Å². The summed E-state index contributed by atoms with van der Waals surface area (Å²) >= 11 is 0. The fraction of sp³-hybridized carbons (Fsp3) is 0.500. The highest BCUT2D eigenvalue weighted by Crippen LogP contribution is 2.07. The molecule has 1 rings (SSSR count). The lowest BCUT2D eigenvalue weighted by molar-refractivity contribution is 0.132. The van der Waals surface area contributed by atoms with Gasteiger partial charge in [-0.2, -0.15) is 5.10 Å². The maximum atomic E-state index is 5.67. The Morgan fingerprint density at radius 1 is 1.73 bits per heavy atom. The van der Waals surface area contributed by atoms with Crippen LogP contribution >= 0.6 is 0 Å². The molecule has 0 aromatic carbocycles. The van der Waals surface area contributed by atoms with Gasteiger partial charge in [-0.05, 0) is 6.07 Å². The number of rotatable bonds is 3. The zero-order chi connectivity index (χ0) is 8.32. The zero-order valence-corrected chi connectivity index (χ0v) is 6.37. The lowest BCUT2D eigenvalue weighted by atomic mass is 10.1. The molecule has 0 saturated heterocycles. The molecule has 0 aliphatic carbocycles. The minimum atomic E-state index is -0.967. The third-order valence-electron chi connectivity index (χ3n) is 1.39. The van der Waals surface area contributed by atoms with Crippen molar-refractivity contribution in [3.63, 3.8) is 0 Å². The van der Waals surface area contributed by atoms with Gasteiger partial charge in [0.05, 0.1) is 12.3 Å². The summed E-state index contributed by atoms with van der Waals surface area (Å²) in [6.07, 6.45) is 1.60. The van der Waals surface area contributed by atoms with Gasteiger partial charge in [0.2, 0.25) is 0 Å². The molecule has 0 bridgehead atoms. The first-order valence-electron chi connectivity index (χ1n) is 3.23. The van der Waals surface area contributed by atoms with Crippen LogP contribution in [0.5, 0.6) is 0 Å². The number of aromatic nitrogens is 2. The molecule has 5 heteroatoms. The standard InChI is InChI=1S/C6H12N4O/c1-11-4-6(7,8)5-2-3-9-10-5/h2-3H,4,7-8H2,1H3,(H,9,10). The summed E-state index contributed by atoms with van der Waals surface area (Å²) in [5.41, 5.74) is 11.0. The second kappa shape index (κ2) is 3.00. The van der Waals surface area contributed by atoms with E-state index in [9.17, 15) is 0 Å². The highest BCUT2D eigenvalue weighted by molar-refractivity contribution is 5.09. The first-order valence-corrected chi connectivity index (χ1v) is 3.23. The molecule has 0 atom stereocenters. The predicted molar refractivity (Wildman–Crippen MR) is 40.5 cm³/mol. The van der Waals surface area contributed by atoms with Gasteiger partial charge in [-0.3, -0.25) is 5.10 Å². The van der Waals surface area contributed by atoms with Crippen LogP contribution in [-0.4, -0.2) is 23.9 Å². The normalized spacial score (nSPS) is 11.9. The number of H-pyrrole nitrogens is 1. The molecule has 11 heavy (non-hydrogen) atoms. The van der Waals surface area contributed by atoms with E-state index < -0.39 is 5.66 Å². The van der Waals surface area contributed by atoms with Crippen molar-refractivity contribution in [3.8, 4) is 0 Å². The van der Waals surface area contributed by atoms with Crippen molar-refractivity contribution in [2.45, 2.75) is 5.66 Å². The average molecular weight is 156 g/mol. The van der Waals surface area contributed by atoms with Crippen LogP contribution in [0.2, 0.25) is 0 Å². The summed E-state index contributed by atoms with van der Waals surface area (Å²) in [6, 6.07) is 1.72. The summed E-state index contributed by atoms with van der Waals surface area (Å²) in [7, 11) is 1.55. The molecule has 1 aromatic rings. The van der Waals surface area contributed by atoms with Crippen molar-refractivity contribution in [1.82, 2.24) is 10.2 Å². The molecule has 0 unspecified atom stereocenters. The molecule has 0 aliphatic rings. The number of hydrogen-bond donors (Lipinski definition) is 3. The number of nitrogens with zero attached hydrogens (tertiary/aromatic N) is 1. The molecule has 0 spiro atoms. The van der Waals surface area contributed by atoms with Crippen molar-refractivity contribution < 1.29 is 4.74 Å². The highest BCUT2D eigenvalue weighted by atomic mass is 16.5. The third kappa shape index (κ3) is 1.76. The maximum absolute atomic E-state index is 5.67. The molecular formula is C6H12N4O. The van der Waals surface area contributed by atoms with Crippen LogP contribution < -0.4 is 11.5 Å². The maximum Gasteiger partial charge on any atom is 0.131 e. The lowest BCUT2D eigenvalue weighted by Crippen LogP contribution is -2.50. The predicted octanol–water partition coefficient (Wildman–Crippen LogP) is -0.874. The van der Waals surface area contributed by atoms with Gasteiger partial charge in [-0.25, -0.2) is 0 Å².